The van der Waals surface area contributed by atoms with Gasteiger partial charge >= 0.3 is 0 Å². The second-order valence-corrected chi connectivity index (χ2v) is 4.59. The van der Waals surface area contributed by atoms with Crippen LogP contribution in [0, 0.1) is 0 Å². The van der Waals surface area contributed by atoms with Crippen LogP contribution in [0.15, 0.2) is 30.3 Å². The minimum absolute atomic E-state index is 0.0224. The van der Waals surface area contributed by atoms with Gasteiger partial charge in [-0.1, -0.05) is 30.3 Å². The second-order valence-electron chi connectivity index (χ2n) is 3.36. The molecule has 1 aromatic rings. The number of halogens is 2. The molecule has 0 heterocycles. The molecule has 0 spiro atoms. The van der Waals surface area contributed by atoms with E-state index in [-0.39, 0.29) is 9.96 Å². The first-order valence-electron chi connectivity index (χ1n) is 4.67. The van der Waals surface area contributed by atoms with E-state index in [1.165, 1.54) is 5.56 Å². The van der Waals surface area contributed by atoms with E-state index in [0.717, 1.165) is 6.42 Å². The number of alkyl halides is 1. The molecular weight excluding hydrogens is 324 g/mol. The maximum Gasteiger partial charge on any atom is 0.283 e. The number of rotatable bonds is 4. The molecule has 0 aliphatic heterocycles. The normalized spacial score (nSPS) is 12.2. The van der Waals surface area contributed by atoms with Crippen LogP contribution in [-0.2, 0) is 6.42 Å². The first kappa shape index (κ1) is 12.8. The summed E-state index contributed by atoms with van der Waals surface area (Å²) in [5.41, 5.74) is 1.20. The molecule has 0 fully saturated rings. The summed E-state index contributed by atoms with van der Waals surface area (Å²) < 4.78 is 0.0224. The van der Waals surface area contributed by atoms with Gasteiger partial charge in [-0.25, -0.2) is 0 Å². The summed E-state index contributed by atoms with van der Waals surface area (Å²) in [6.45, 7) is 0. The Kier molecular flexibility index (Phi) is 5.39. The summed E-state index contributed by atoms with van der Waals surface area (Å²) in [6.07, 6.45) is 0.801. The third-order valence-corrected chi connectivity index (χ3v) is 3.43. The van der Waals surface area contributed by atoms with Crippen LogP contribution in [0.1, 0.15) is 5.56 Å². The molecule has 1 unspecified atom stereocenters. The number of carbonyl (C=O) groups is 1. The van der Waals surface area contributed by atoms with E-state index in [2.05, 4.69) is 0 Å². The highest BCUT2D eigenvalue weighted by atomic mass is 127. The number of likely N-dealkylation sites (N-methyl/N-ethyl adjacent to an activating group) is 1. The largest absolute Gasteiger partial charge is 0.333 e. The highest BCUT2D eigenvalue weighted by Crippen LogP contribution is 2.11. The summed E-state index contributed by atoms with van der Waals surface area (Å²) in [5.74, 6) is 0.458. The quantitative estimate of drug-likeness (QED) is 0.357. The van der Waals surface area contributed by atoms with Crippen LogP contribution in [-0.4, -0.2) is 27.8 Å². The van der Waals surface area contributed by atoms with Crippen molar-refractivity contribution in [2.45, 2.75) is 12.5 Å². The van der Waals surface area contributed by atoms with Crippen molar-refractivity contribution in [1.29, 1.82) is 0 Å². The maximum atomic E-state index is 11.2. The fraction of sp³-hybridized carbons (Fsp3) is 0.364. The molecule has 0 bridgehead atoms. The van der Waals surface area contributed by atoms with Crippen LogP contribution < -0.4 is 0 Å². The van der Waals surface area contributed by atoms with Gasteiger partial charge in [0.15, 0.2) is 0 Å². The lowest BCUT2D eigenvalue weighted by atomic mass is 10.1. The Morgan fingerprint density at radius 3 is 2.53 bits per heavy atom. The maximum absolute atomic E-state index is 11.2. The van der Waals surface area contributed by atoms with E-state index in [1.807, 2.05) is 30.3 Å². The van der Waals surface area contributed by atoms with Crippen LogP contribution in [0.4, 0.5) is 4.79 Å². The molecule has 0 aliphatic rings. The van der Waals surface area contributed by atoms with Gasteiger partial charge in [-0.05, 0) is 12.0 Å². The Hall–Kier alpha value is -0.290. The third kappa shape index (κ3) is 3.99. The molecule has 1 aromatic carbocycles. The first-order chi connectivity index (χ1) is 7.15. The Bertz CT molecular complexity index is 318. The predicted molar refractivity (Wildman–Crippen MR) is 71.8 cm³/mol. The van der Waals surface area contributed by atoms with Crippen molar-refractivity contribution < 1.29 is 4.79 Å². The molecule has 0 aliphatic carbocycles. The number of nitrogens with zero attached hydrogens (tertiary/aromatic N) is 1. The molecule has 0 radical (unpaired) electrons. The minimum Gasteiger partial charge on any atom is -0.333 e. The van der Waals surface area contributed by atoms with Crippen molar-refractivity contribution in [3.05, 3.63) is 35.9 Å². The van der Waals surface area contributed by atoms with E-state index < -0.39 is 0 Å². The first-order valence-corrected chi connectivity index (χ1v) is 6.28. The minimum atomic E-state index is 0.0224. The lowest BCUT2D eigenvalue weighted by Crippen LogP contribution is -2.36. The number of hydrogen-bond donors (Lipinski definition) is 0. The lowest BCUT2D eigenvalue weighted by molar-refractivity contribution is 0.222. The van der Waals surface area contributed by atoms with Crippen molar-refractivity contribution in [2.75, 3.05) is 12.9 Å². The summed E-state index contributed by atoms with van der Waals surface area (Å²) in [7, 11) is 1.78. The third-order valence-electron chi connectivity index (χ3n) is 2.32. The van der Waals surface area contributed by atoms with E-state index >= 15 is 0 Å². The number of hydrogen-bond acceptors (Lipinski definition) is 1. The zero-order valence-corrected chi connectivity index (χ0v) is 11.4. The van der Waals surface area contributed by atoms with Crippen LogP contribution >= 0.6 is 34.2 Å². The summed E-state index contributed by atoms with van der Waals surface area (Å²) in [5, 5.41) is 0. The average molecular weight is 338 g/mol. The van der Waals surface area contributed by atoms with Crippen molar-refractivity contribution in [3.63, 3.8) is 0 Å². The molecule has 0 saturated carbocycles. The predicted octanol–water partition coefficient (Wildman–Crippen LogP) is 3.32. The Labute approximate surface area is 109 Å². The molecule has 0 N–H and O–H groups in total. The van der Waals surface area contributed by atoms with Gasteiger partial charge in [0.05, 0.1) is 0 Å². The summed E-state index contributed by atoms with van der Waals surface area (Å²) >= 11 is 7.64. The Morgan fingerprint density at radius 1 is 1.47 bits per heavy atom. The zero-order chi connectivity index (χ0) is 11.3. The molecule has 4 heteroatoms. The van der Waals surface area contributed by atoms with Crippen LogP contribution in [0.5, 0.6) is 0 Å². The van der Waals surface area contributed by atoms with E-state index in [0.29, 0.717) is 5.88 Å². The summed E-state index contributed by atoms with van der Waals surface area (Å²) in [4.78, 5) is 12.9. The molecular formula is C11H13ClINO. The van der Waals surface area contributed by atoms with Crippen molar-refractivity contribution >= 4 is 38.1 Å². The zero-order valence-electron chi connectivity index (χ0n) is 8.49. The fourth-order valence-corrected chi connectivity index (χ4v) is 2.03. The number of carbonyl (C=O) groups excluding carboxylic acids is 1. The number of benzene rings is 1. The molecule has 0 aromatic heterocycles. The van der Waals surface area contributed by atoms with Gasteiger partial charge < -0.3 is 4.90 Å². The molecule has 1 amide bonds. The van der Waals surface area contributed by atoms with Gasteiger partial charge in [0.25, 0.3) is 3.91 Å². The topological polar surface area (TPSA) is 20.3 Å². The number of amides is 1. The van der Waals surface area contributed by atoms with Gasteiger partial charge in [0, 0.05) is 41.6 Å². The van der Waals surface area contributed by atoms with Crippen molar-refractivity contribution in [1.82, 2.24) is 4.90 Å². The molecule has 0 saturated heterocycles. The molecule has 15 heavy (non-hydrogen) atoms. The standard InChI is InChI=1S/C11H13ClINO/c1-14(11(13)15)10(8-12)7-9-5-3-2-4-6-9/h2-6,10H,7-8H2,1H3. The molecule has 82 valence electrons. The lowest BCUT2D eigenvalue weighted by Gasteiger charge is -2.24. The van der Waals surface area contributed by atoms with E-state index in [4.69, 9.17) is 11.6 Å². The molecule has 1 atom stereocenters. The van der Waals surface area contributed by atoms with Gasteiger partial charge in [-0.15, -0.1) is 11.6 Å². The van der Waals surface area contributed by atoms with E-state index in [9.17, 15) is 4.79 Å². The van der Waals surface area contributed by atoms with Crippen molar-refractivity contribution in [3.8, 4) is 0 Å². The van der Waals surface area contributed by atoms with Crippen LogP contribution in [0.2, 0.25) is 0 Å². The average Bonchev–Trinajstić information content (AvgIpc) is 2.26. The highest BCUT2D eigenvalue weighted by molar-refractivity contribution is 14.1. The van der Waals surface area contributed by atoms with Crippen LogP contribution in [0.25, 0.3) is 0 Å². The second kappa shape index (κ2) is 6.33. The SMILES string of the molecule is CN(C(=O)I)C(CCl)Cc1ccccc1. The highest BCUT2D eigenvalue weighted by Gasteiger charge is 2.17. The summed E-state index contributed by atoms with van der Waals surface area (Å²) in [6, 6.07) is 10.1. The molecule has 1 rings (SSSR count). The van der Waals surface area contributed by atoms with Gasteiger partial charge in [-0.2, -0.15) is 0 Å². The van der Waals surface area contributed by atoms with Crippen LogP contribution in [0.3, 0.4) is 0 Å². The monoisotopic (exact) mass is 337 g/mol. The van der Waals surface area contributed by atoms with Gasteiger partial charge in [0.1, 0.15) is 0 Å². The van der Waals surface area contributed by atoms with Gasteiger partial charge in [-0.3, -0.25) is 4.79 Å². The van der Waals surface area contributed by atoms with E-state index in [1.54, 1.807) is 34.5 Å². The van der Waals surface area contributed by atoms with Gasteiger partial charge in [0.2, 0.25) is 0 Å². The fourth-order valence-electron chi connectivity index (χ4n) is 1.32. The molecule has 2 nitrogen and oxygen atoms in total. The Morgan fingerprint density at radius 2 is 2.07 bits per heavy atom. The Balaban J connectivity index is 2.66. The van der Waals surface area contributed by atoms with Crippen molar-refractivity contribution in [2.24, 2.45) is 0 Å². The smallest absolute Gasteiger partial charge is 0.283 e.